The summed E-state index contributed by atoms with van der Waals surface area (Å²) in [6.07, 6.45) is 0. The van der Waals surface area contributed by atoms with Gasteiger partial charge in [0, 0.05) is 23.2 Å². The summed E-state index contributed by atoms with van der Waals surface area (Å²) in [7, 11) is 1.22. The Kier molecular flexibility index (Phi) is 6.71. The minimum atomic E-state index is -0.943. The van der Waals surface area contributed by atoms with E-state index in [2.05, 4.69) is 10.4 Å². The molecule has 0 radical (unpaired) electrons. The standard InChI is InChI=1S/C26H18ClN5O3/c1-31(26(35)29-24(33)18-8-4-2-5-9-18)25(34)23-21(16-28)22(17-12-14-19(27)15-13-17)30-32(23)20-10-6-3-7-11-20/h2-15H,1H3,(H,29,33,35). The summed E-state index contributed by atoms with van der Waals surface area (Å²) in [6, 6.07) is 24.7. The van der Waals surface area contributed by atoms with Gasteiger partial charge in [-0.15, -0.1) is 0 Å². The number of hydrogen-bond donors (Lipinski definition) is 1. The number of nitrogens with zero attached hydrogens (tertiary/aromatic N) is 4. The first-order valence-electron chi connectivity index (χ1n) is 10.4. The second-order valence-electron chi connectivity index (χ2n) is 7.43. The molecule has 0 aliphatic heterocycles. The van der Waals surface area contributed by atoms with Crippen LogP contribution >= 0.6 is 11.6 Å². The Morgan fingerprint density at radius 2 is 1.54 bits per heavy atom. The van der Waals surface area contributed by atoms with Gasteiger partial charge in [-0.2, -0.15) is 10.4 Å². The van der Waals surface area contributed by atoms with E-state index in [0.717, 1.165) is 4.90 Å². The number of para-hydroxylation sites is 1. The van der Waals surface area contributed by atoms with Crippen LogP contribution < -0.4 is 5.32 Å². The van der Waals surface area contributed by atoms with Crippen LogP contribution in [0.5, 0.6) is 0 Å². The van der Waals surface area contributed by atoms with E-state index in [1.165, 1.54) is 11.7 Å². The second kappa shape index (κ2) is 10.0. The minimum Gasteiger partial charge on any atom is -0.273 e. The third kappa shape index (κ3) is 4.81. The molecule has 0 spiro atoms. The summed E-state index contributed by atoms with van der Waals surface area (Å²) in [6.45, 7) is 0. The number of urea groups is 1. The van der Waals surface area contributed by atoms with Crippen LogP contribution in [-0.2, 0) is 0 Å². The van der Waals surface area contributed by atoms with E-state index < -0.39 is 17.8 Å². The highest BCUT2D eigenvalue weighted by molar-refractivity contribution is 6.30. The van der Waals surface area contributed by atoms with Crippen LogP contribution in [0.15, 0.2) is 84.9 Å². The first-order chi connectivity index (χ1) is 16.9. The topological polar surface area (TPSA) is 108 Å². The van der Waals surface area contributed by atoms with E-state index in [4.69, 9.17) is 11.6 Å². The van der Waals surface area contributed by atoms with Crippen molar-refractivity contribution in [1.29, 1.82) is 5.26 Å². The molecular weight excluding hydrogens is 466 g/mol. The largest absolute Gasteiger partial charge is 0.331 e. The molecule has 172 valence electrons. The minimum absolute atomic E-state index is 0.0183. The van der Waals surface area contributed by atoms with Gasteiger partial charge >= 0.3 is 6.03 Å². The van der Waals surface area contributed by atoms with Crippen molar-refractivity contribution in [2.24, 2.45) is 0 Å². The van der Waals surface area contributed by atoms with Crippen molar-refractivity contribution < 1.29 is 14.4 Å². The molecule has 0 aliphatic carbocycles. The van der Waals surface area contributed by atoms with E-state index in [0.29, 0.717) is 16.3 Å². The number of benzene rings is 3. The first kappa shape index (κ1) is 23.4. The Morgan fingerprint density at radius 3 is 2.14 bits per heavy atom. The molecule has 0 bridgehead atoms. The lowest BCUT2D eigenvalue weighted by molar-refractivity contribution is 0.0814. The fraction of sp³-hybridized carbons (Fsp3) is 0.0385. The van der Waals surface area contributed by atoms with Crippen LogP contribution in [0.1, 0.15) is 26.4 Å². The summed E-state index contributed by atoms with van der Waals surface area (Å²) in [5.74, 6) is -1.47. The van der Waals surface area contributed by atoms with Crippen molar-refractivity contribution in [1.82, 2.24) is 20.0 Å². The normalized spacial score (nSPS) is 10.3. The van der Waals surface area contributed by atoms with Gasteiger partial charge in [0.05, 0.1) is 5.69 Å². The Morgan fingerprint density at radius 1 is 0.943 bits per heavy atom. The van der Waals surface area contributed by atoms with E-state index >= 15 is 0 Å². The number of hydrogen-bond acceptors (Lipinski definition) is 5. The molecule has 4 rings (SSSR count). The second-order valence-corrected chi connectivity index (χ2v) is 7.86. The maximum atomic E-state index is 13.5. The average molecular weight is 484 g/mol. The molecule has 3 aromatic carbocycles. The molecule has 0 saturated heterocycles. The lowest BCUT2D eigenvalue weighted by atomic mass is 10.1. The van der Waals surface area contributed by atoms with Crippen LogP contribution in [0.4, 0.5) is 4.79 Å². The van der Waals surface area contributed by atoms with Crippen LogP contribution in [0, 0.1) is 11.3 Å². The Labute approximate surface area is 206 Å². The first-order valence-corrected chi connectivity index (χ1v) is 10.8. The summed E-state index contributed by atoms with van der Waals surface area (Å²) in [5, 5.41) is 17.2. The zero-order chi connectivity index (χ0) is 24.9. The molecule has 35 heavy (non-hydrogen) atoms. The van der Waals surface area contributed by atoms with Crippen molar-refractivity contribution in [3.63, 3.8) is 0 Å². The number of halogens is 1. The molecule has 0 atom stereocenters. The molecule has 0 unspecified atom stereocenters. The van der Waals surface area contributed by atoms with Gasteiger partial charge in [0.15, 0.2) is 5.69 Å². The predicted molar refractivity (Wildman–Crippen MR) is 130 cm³/mol. The van der Waals surface area contributed by atoms with Crippen molar-refractivity contribution in [2.45, 2.75) is 0 Å². The molecule has 9 heteroatoms. The number of aromatic nitrogens is 2. The Hall–Kier alpha value is -4.74. The van der Waals surface area contributed by atoms with Crippen LogP contribution in [0.25, 0.3) is 16.9 Å². The quantitative estimate of drug-likeness (QED) is 0.453. The van der Waals surface area contributed by atoms with E-state index in [-0.39, 0.29) is 22.5 Å². The van der Waals surface area contributed by atoms with Gasteiger partial charge < -0.3 is 0 Å². The fourth-order valence-electron chi connectivity index (χ4n) is 3.38. The fourth-order valence-corrected chi connectivity index (χ4v) is 3.51. The highest BCUT2D eigenvalue weighted by Crippen LogP contribution is 2.29. The van der Waals surface area contributed by atoms with Crippen LogP contribution in [0.2, 0.25) is 5.02 Å². The van der Waals surface area contributed by atoms with Crippen molar-refractivity contribution in [2.75, 3.05) is 7.05 Å². The van der Waals surface area contributed by atoms with E-state index in [1.807, 2.05) is 6.07 Å². The van der Waals surface area contributed by atoms with Gasteiger partial charge in [-0.1, -0.05) is 60.1 Å². The molecule has 8 nitrogen and oxygen atoms in total. The maximum Gasteiger partial charge on any atom is 0.331 e. The molecule has 4 amide bonds. The summed E-state index contributed by atoms with van der Waals surface area (Å²) < 4.78 is 1.31. The van der Waals surface area contributed by atoms with Gasteiger partial charge in [-0.05, 0) is 36.4 Å². The number of amides is 4. The van der Waals surface area contributed by atoms with Gasteiger partial charge in [0.1, 0.15) is 17.3 Å². The lowest BCUT2D eigenvalue weighted by Crippen LogP contribution is -2.44. The average Bonchev–Trinajstić information content (AvgIpc) is 3.28. The summed E-state index contributed by atoms with van der Waals surface area (Å²) in [5.41, 5.74) is 1.47. The number of nitrogens with one attached hydrogen (secondary N) is 1. The number of rotatable bonds is 4. The number of imide groups is 2. The van der Waals surface area contributed by atoms with Gasteiger partial charge in [0.2, 0.25) is 0 Å². The van der Waals surface area contributed by atoms with Crippen LogP contribution in [0.3, 0.4) is 0 Å². The zero-order valence-electron chi connectivity index (χ0n) is 18.5. The third-order valence-corrected chi connectivity index (χ3v) is 5.44. The highest BCUT2D eigenvalue weighted by Gasteiger charge is 2.30. The third-order valence-electron chi connectivity index (χ3n) is 5.18. The molecule has 1 N–H and O–H groups in total. The van der Waals surface area contributed by atoms with Gasteiger partial charge in [-0.3, -0.25) is 19.8 Å². The van der Waals surface area contributed by atoms with E-state index in [9.17, 15) is 19.6 Å². The van der Waals surface area contributed by atoms with Gasteiger partial charge in [-0.25, -0.2) is 9.48 Å². The molecule has 1 aromatic heterocycles. The van der Waals surface area contributed by atoms with Crippen molar-refractivity contribution >= 4 is 29.4 Å². The summed E-state index contributed by atoms with van der Waals surface area (Å²) in [4.78, 5) is 39.4. The number of carbonyl (C=O) groups is 3. The lowest BCUT2D eigenvalue weighted by Gasteiger charge is -2.17. The number of carbonyl (C=O) groups excluding carboxylic acids is 3. The molecule has 0 fully saturated rings. The van der Waals surface area contributed by atoms with Crippen LogP contribution in [-0.4, -0.2) is 39.6 Å². The Bertz CT molecular complexity index is 1440. The SMILES string of the molecule is CN(C(=O)NC(=O)c1ccccc1)C(=O)c1c(C#N)c(-c2ccc(Cl)cc2)nn1-c1ccccc1. The highest BCUT2D eigenvalue weighted by atomic mass is 35.5. The molecular formula is C26H18ClN5O3. The van der Waals surface area contributed by atoms with Gasteiger partial charge in [0.25, 0.3) is 11.8 Å². The van der Waals surface area contributed by atoms with E-state index in [1.54, 1.807) is 84.9 Å². The van der Waals surface area contributed by atoms with Crippen molar-refractivity contribution in [3.8, 4) is 23.0 Å². The zero-order valence-corrected chi connectivity index (χ0v) is 19.2. The predicted octanol–water partition coefficient (Wildman–Crippen LogP) is 4.69. The molecule has 0 aliphatic rings. The molecule has 4 aromatic rings. The molecule has 1 heterocycles. The summed E-state index contributed by atoms with van der Waals surface area (Å²) >= 11 is 5.99. The molecule has 0 saturated carbocycles. The Balaban J connectivity index is 1.75. The monoisotopic (exact) mass is 483 g/mol. The van der Waals surface area contributed by atoms with Crippen molar-refractivity contribution in [3.05, 3.63) is 107 Å². The maximum absolute atomic E-state index is 13.5. The number of nitriles is 1. The smallest absolute Gasteiger partial charge is 0.273 e.